The van der Waals surface area contributed by atoms with Gasteiger partial charge in [-0.1, -0.05) is 12.1 Å². The average molecular weight is 232 g/mol. The monoisotopic (exact) mass is 232 g/mol. The van der Waals surface area contributed by atoms with Gasteiger partial charge >= 0.3 is 5.76 Å². The van der Waals surface area contributed by atoms with Gasteiger partial charge in [-0.15, -0.1) is 0 Å². The first-order chi connectivity index (χ1) is 8.27. The minimum absolute atomic E-state index is 0.276. The summed E-state index contributed by atoms with van der Waals surface area (Å²) in [7, 11) is 1.75. The van der Waals surface area contributed by atoms with Crippen molar-refractivity contribution in [2.45, 2.75) is 18.8 Å². The van der Waals surface area contributed by atoms with E-state index in [-0.39, 0.29) is 5.76 Å². The highest BCUT2D eigenvalue weighted by molar-refractivity contribution is 5.77. The maximum atomic E-state index is 11.6. The number of piperidine rings is 1. The van der Waals surface area contributed by atoms with Crippen LogP contribution in [0.1, 0.15) is 24.3 Å². The van der Waals surface area contributed by atoms with Crippen molar-refractivity contribution >= 4 is 11.1 Å². The molecule has 1 aliphatic heterocycles. The lowest BCUT2D eigenvalue weighted by atomic mass is 9.90. The van der Waals surface area contributed by atoms with E-state index < -0.39 is 0 Å². The van der Waals surface area contributed by atoms with Crippen LogP contribution in [0.4, 0.5) is 0 Å². The molecule has 0 radical (unpaired) electrons. The number of para-hydroxylation sites is 1. The molecule has 0 saturated carbocycles. The van der Waals surface area contributed by atoms with E-state index in [0.29, 0.717) is 5.92 Å². The normalized spacial score (nSPS) is 17.7. The summed E-state index contributed by atoms with van der Waals surface area (Å²) in [5, 5.41) is 3.35. The van der Waals surface area contributed by atoms with Crippen molar-refractivity contribution in [3.05, 3.63) is 34.3 Å². The van der Waals surface area contributed by atoms with Crippen LogP contribution < -0.4 is 11.1 Å². The molecule has 0 unspecified atom stereocenters. The van der Waals surface area contributed by atoms with Crippen LogP contribution in [-0.2, 0) is 7.05 Å². The smallest absolute Gasteiger partial charge is 0.407 e. The zero-order chi connectivity index (χ0) is 11.8. The first kappa shape index (κ1) is 10.6. The molecule has 1 saturated heterocycles. The van der Waals surface area contributed by atoms with Gasteiger partial charge in [0.2, 0.25) is 0 Å². The summed E-state index contributed by atoms with van der Waals surface area (Å²) in [6, 6.07) is 6.03. The Morgan fingerprint density at radius 3 is 2.88 bits per heavy atom. The molecule has 3 rings (SSSR count). The predicted octanol–water partition coefficient (Wildman–Crippen LogP) is 1.60. The second kappa shape index (κ2) is 4.04. The van der Waals surface area contributed by atoms with Crippen molar-refractivity contribution in [1.82, 2.24) is 9.88 Å². The van der Waals surface area contributed by atoms with Crippen LogP contribution in [0.3, 0.4) is 0 Å². The molecule has 1 aromatic carbocycles. The van der Waals surface area contributed by atoms with E-state index in [1.165, 1.54) is 5.56 Å². The minimum atomic E-state index is -0.276. The molecular weight excluding hydrogens is 216 g/mol. The predicted molar refractivity (Wildman–Crippen MR) is 66.3 cm³/mol. The molecule has 2 aromatic rings. The number of nitrogens with zero attached hydrogens (tertiary/aromatic N) is 1. The number of hydrogen-bond donors (Lipinski definition) is 1. The van der Waals surface area contributed by atoms with Crippen molar-refractivity contribution in [3.8, 4) is 0 Å². The van der Waals surface area contributed by atoms with E-state index in [9.17, 15) is 4.79 Å². The van der Waals surface area contributed by atoms with Crippen LogP contribution in [0.15, 0.2) is 27.4 Å². The summed E-state index contributed by atoms with van der Waals surface area (Å²) < 4.78 is 6.94. The average Bonchev–Trinajstić information content (AvgIpc) is 2.67. The van der Waals surface area contributed by atoms with Crippen molar-refractivity contribution in [2.24, 2.45) is 7.05 Å². The maximum Gasteiger partial charge on any atom is 0.419 e. The lowest BCUT2D eigenvalue weighted by Gasteiger charge is -2.22. The van der Waals surface area contributed by atoms with E-state index in [1.807, 2.05) is 12.1 Å². The number of hydrogen-bond acceptors (Lipinski definition) is 3. The fraction of sp³-hybridized carbons (Fsp3) is 0.462. The Hall–Kier alpha value is -1.55. The number of nitrogens with one attached hydrogen (secondary N) is 1. The molecule has 90 valence electrons. The topological polar surface area (TPSA) is 47.2 Å². The molecule has 0 bridgehead atoms. The Morgan fingerprint density at radius 1 is 1.35 bits per heavy atom. The molecule has 1 fully saturated rings. The molecular formula is C13H16N2O2. The number of aromatic nitrogens is 1. The first-order valence-corrected chi connectivity index (χ1v) is 6.06. The summed E-state index contributed by atoms with van der Waals surface area (Å²) in [6.45, 7) is 2.08. The second-order valence-corrected chi connectivity index (χ2v) is 4.65. The molecule has 4 nitrogen and oxygen atoms in total. The molecule has 0 aliphatic carbocycles. The fourth-order valence-corrected chi connectivity index (χ4v) is 2.63. The zero-order valence-electron chi connectivity index (χ0n) is 9.90. The SMILES string of the molecule is Cn1c(=O)oc2c(C3CCNCC3)cccc21. The standard InChI is InChI=1S/C13H16N2O2/c1-15-11-4-2-3-10(12(11)17-13(15)16)9-5-7-14-8-6-9/h2-4,9,14H,5-8H2,1H3. The summed E-state index contributed by atoms with van der Waals surface area (Å²) >= 11 is 0. The Balaban J connectivity index is 2.15. The van der Waals surface area contributed by atoms with Gasteiger partial charge in [0, 0.05) is 12.6 Å². The second-order valence-electron chi connectivity index (χ2n) is 4.65. The van der Waals surface area contributed by atoms with E-state index in [2.05, 4.69) is 11.4 Å². The largest absolute Gasteiger partial charge is 0.419 e. The highest BCUT2D eigenvalue weighted by atomic mass is 16.4. The van der Waals surface area contributed by atoms with E-state index >= 15 is 0 Å². The van der Waals surface area contributed by atoms with Crippen molar-refractivity contribution < 1.29 is 4.42 Å². The highest BCUT2D eigenvalue weighted by Gasteiger charge is 2.20. The molecule has 4 heteroatoms. The molecule has 1 aliphatic rings. The van der Waals surface area contributed by atoms with E-state index in [4.69, 9.17) is 4.42 Å². The first-order valence-electron chi connectivity index (χ1n) is 6.06. The molecule has 2 heterocycles. The minimum Gasteiger partial charge on any atom is -0.407 e. The van der Waals surface area contributed by atoms with Gasteiger partial charge in [0.1, 0.15) is 0 Å². The van der Waals surface area contributed by atoms with Crippen LogP contribution in [0.2, 0.25) is 0 Å². The lowest BCUT2D eigenvalue weighted by Crippen LogP contribution is -2.26. The lowest BCUT2D eigenvalue weighted by molar-refractivity contribution is 0.454. The highest BCUT2D eigenvalue weighted by Crippen LogP contribution is 2.30. The number of fused-ring (bicyclic) bond motifs is 1. The van der Waals surface area contributed by atoms with Crippen LogP contribution in [-0.4, -0.2) is 17.7 Å². The summed E-state index contributed by atoms with van der Waals surface area (Å²) in [6.07, 6.45) is 2.22. The van der Waals surface area contributed by atoms with Gasteiger partial charge in [0.05, 0.1) is 5.52 Å². The third-order valence-corrected chi connectivity index (χ3v) is 3.63. The van der Waals surface area contributed by atoms with Crippen molar-refractivity contribution in [3.63, 3.8) is 0 Å². The van der Waals surface area contributed by atoms with Gasteiger partial charge in [-0.25, -0.2) is 4.79 Å². The van der Waals surface area contributed by atoms with E-state index in [0.717, 1.165) is 37.0 Å². The van der Waals surface area contributed by atoms with Gasteiger partial charge in [-0.3, -0.25) is 4.57 Å². The Bertz CT molecular complexity index is 591. The van der Waals surface area contributed by atoms with Crippen LogP contribution >= 0.6 is 0 Å². The number of oxazole rings is 1. The molecule has 0 atom stereocenters. The molecule has 1 N–H and O–H groups in total. The van der Waals surface area contributed by atoms with Crippen molar-refractivity contribution in [2.75, 3.05) is 13.1 Å². The third-order valence-electron chi connectivity index (χ3n) is 3.63. The van der Waals surface area contributed by atoms with Gasteiger partial charge in [0.15, 0.2) is 5.58 Å². The number of benzene rings is 1. The van der Waals surface area contributed by atoms with Crippen LogP contribution in [0.25, 0.3) is 11.1 Å². The van der Waals surface area contributed by atoms with Gasteiger partial charge < -0.3 is 9.73 Å². The number of rotatable bonds is 1. The number of aryl methyl sites for hydroxylation is 1. The van der Waals surface area contributed by atoms with Gasteiger partial charge in [-0.2, -0.15) is 0 Å². The molecule has 0 spiro atoms. The summed E-state index contributed by atoms with van der Waals surface area (Å²) in [5.41, 5.74) is 2.85. The maximum absolute atomic E-state index is 11.6. The Labute approximate surface area is 99.2 Å². The van der Waals surface area contributed by atoms with Gasteiger partial charge in [-0.05, 0) is 37.9 Å². The third kappa shape index (κ3) is 1.69. The summed E-state index contributed by atoms with van der Waals surface area (Å²) in [5.74, 6) is 0.229. The fourth-order valence-electron chi connectivity index (χ4n) is 2.63. The van der Waals surface area contributed by atoms with E-state index in [1.54, 1.807) is 11.6 Å². The van der Waals surface area contributed by atoms with Crippen LogP contribution in [0, 0.1) is 0 Å². The Kier molecular flexibility index (Phi) is 2.52. The Morgan fingerprint density at radius 2 is 2.12 bits per heavy atom. The molecule has 17 heavy (non-hydrogen) atoms. The van der Waals surface area contributed by atoms with Crippen LogP contribution in [0.5, 0.6) is 0 Å². The van der Waals surface area contributed by atoms with Gasteiger partial charge in [0.25, 0.3) is 0 Å². The zero-order valence-corrected chi connectivity index (χ0v) is 9.90. The summed E-state index contributed by atoms with van der Waals surface area (Å²) in [4.78, 5) is 11.6. The van der Waals surface area contributed by atoms with Crippen molar-refractivity contribution in [1.29, 1.82) is 0 Å². The quantitative estimate of drug-likeness (QED) is 0.812. The molecule has 0 amide bonds. The molecule has 1 aromatic heterocycles.